The highest BCUT2D eigenvalue weighted by Gasteiger charge is 2.25. The van der Waals surface area contributed by atoms with Gasteiger partial charge >= 0.3 is 0 Å². The molecule has 1 amide bonds. The first-order valence-corrected chi connectivity index (χ1v) is 12.9. The topological polar surface area (TPSA) is 132 Å². The van der Waals surface area contributed by atoms with Crippen LogP contribution >= 0.6 is 11.3 Å². The minimum Gasteiger partial charge on any atom is -0.398 e. The zero-order valence-electron chi connectivity index (χ0n) is 20.4. The van der Waals surface area contributed by atoms with Crippen molar-refractivity contribution in [2.45, 2.75) is 13.5 Å². The van der Waals surface area contributed by atoms with E-state index in [9.17, 15) is 4.79 Å². The number of aryl methyl sites for hydroxylation is 1. The number of aromatic nitrogens is 2. The van der Waals surface area contributed by atoms with Crippen molar-refractivity contribution >= 4 is 45.2 Å². The molecule has 2 aliphatic rings. The van der Waals surface area contributed by atoms with Gasteiger partial charge in [0.15, 0.2) is 11.6 Å². The van der Waals surface area contributed by atoms with Gasteiger partial charge in [-0.25, -0.2) is 9.97 Å². The predicted molar refractivity (Wildman–Crippen MR) is 142 cm³/mol. The monoisotopic (exact) mass is 509 g/mol. The highest BCUT2D eigenvalue weighted by Crippen LogP contribution is 2.38. The highest BCUT2D eigenvalue weighted by atomic mass is 32.1. The highest BCUT2D eigenvalue weighted by molar-refractivity contribution is 7.19. The van der Waals surface area contributed by atoms with Crippen molar-refractivity contribution in [1.29, 1.82) is 5.41 Å². The lowest BCUT2D eigenvalue weighted by atomic mass is 10.1. The third-order valence-corrected chi connectivity index (χ3v) is 8.17. The first-order valence-electron chi connectivity index (χ1n) is 12.1. The molecule has 0 unspecified atom stereocenters. The molecule has 0 aliphatic carbocycles. The molecule has 11 heteroatoms. The number of morpholine rings is 1. The predicted octanol–water partition coefficient (Wildman–Crippen LogP) is 1.72. The minimum absolute atomic E-state index is 0.212. The molecule has 4 N–H and O–H groups in total. The fourth-order valence-corrected chi connectivity index (χ4v) is 6.08. The van der Waals surface area contributed by atoms with E-state index >= 15 is 0 Å². The second-order valence-corrected chi connectivity index (χ2v) is 10.2. The Balaban J connectivity index is 1.53. The van der Waals surface area contributed by atoms with E-state index in [1.165, 1.54) is 11.1 Å². The van der Waals surface area contributed by atoms with Crippen LogP contribution in [0.3, 0.4) is 0 Å². The second kappa shape index (κ2) is 10.5. The van der Waals surface area contributed by atoms with Crippen molar-refractivity contribution in [1.82, 2.24) is 19.8 Å². The Bertz CT molecular complexity index is 1280. The number of nitrogen functional groups attached to an aromatic ring is 1. The summed E-state index contributed by atoms with van der Waals surface area (Å²) in [5.41, 5.74) is 10.1. The molecule has 2 saturated heterocycles. The Morgan fingerprint density at radius 1 is 1.19 bits per heavy atom. The number of aliphatic hydroxyl groups is 1. The number of amides is 1. The first-order chi connectivity index (χ1) is 17.5. The maximum absolute atomic E-state index is 11.8. The lowest BCUT2D eigenvalue weighted by Gasteiger charge is -2.34. The molecule has 190 valence electrons. The van der Waals surface area contributed by atoms with Gasteiger partial charge in [-0.05, 0) is 18.6 Å². The van der Waals surface area contributed by atoms with Gasteiger partial charge in [0.05, 0.1) is 23.4 Å². The molecular formula is C25H31N7O3S. The molecule has 0 spiro atoms. The molecule has 4 heterocycles. The van der Waals surface area contributed by atoms with Gasteiger partial charge < -0.3 is 30.8 Å². The van der Waals surface area contributed by atoms with Crippen LogP contribution in [0, 0.1) is 12.3 Å². The molecule has 0 saturated carbocycles. The Labute approximate surface area is 213 Å². The summed E-state index contributed by atoms with van der Waals surface area (Å²) in [5, 5.41) is 17.0. The number of hydrogen-bond donors (Lipinski definition) is 3. The molecule has 10 nitrogen and oxygen atoms in total. The van der Waals surface area contributed by atoms with E-state index in [-0.39, 0.29) is 5.91 Å². The minimum atomic E-state index is -0.437. The summed E-state index contributed by atoms with van der Waals surface area (Å²) >= 11 is 1.73. The fourth-order valence-electron chi connectivity index (χ4n) is 4.78. The van der Waals surface area contributed by atoms with Crippen molar-refractivity contribution < 1.29 is 14.6 Å². The van der Waals surface area contributed by atoms with Crippen molar-refractivity contribution in [3.63, 3.8) is 0 Å². The molecule has 2 fully saturated rings. The normalized spacial score (nSPS) is 17.1. The number of piperazine rings is 1. The third-order valence-electron chi connectivity index (χ3n) is 6.91. The van der Waals surface area contributed by atoms with E-state index in [2.05, 4.69) is 16.7 Å². The number of aliphatic hydroxyl groups excluding tert-OH is 1. The van der Waals surface area contributed by atoms with Crippen molar-refractivity contribution in [2.24, 2.45) is 0 Å². The van der Waals surface area contributed by atoms with Crippen LogP contribution in [0.4, 0.5) is 11.5 Å². The van der Waals surface area contributed by atoms with Crippen LogP contribution in [0.25, 0.3) is 21.6 Å². The van der Waals surface area contributed by atoms with E-state index < -0.39 is 6.61 Å². The van der Waals surface area contributed by atoms with Gasteiger partial charge in [0.2, 0.25) is 5.91 Å². The van der Waals surface area contributed by atoms with E-state index in [0.29, 0.717) is 43.4 Å². The standard InChI is InChI=1S/C25H31N7O3S/c1-16-20(14-30-5-7-31(8-6-30)21(34)15-33)36-23-22(16)28-24(17-3-2-4-19(27)18(17)13-26)29-25(23)32-9-11-35-12-10-32/h2-4,13,26,33H,5-12,14-15,27H2,1H3. The summed E-state index contributed by atoms with van der Waals surface area (Å²) in [6, 6.07) is 5.57. The number of thiophene rings is 1. The summed E-state index contributed by atoms with van der Waals surface area (Å²) in [4.78, 5) is 29.4. The number of rotatable bonds is 6. The molecule has 5 rings (SSSR count). The van der Waals surface area contributed by atoms with Crippen LogP contribution in [-0.2, 0) is 16.1 Å². The maximum atomic E-state index is 11.8. The average molecular weight is 510 g/mol. The maximum Gasteiger partial charge on any atom is 0.248 e. The van der Waals surface area contributed by atoms with Crippen molar-refractivity contribution in [3.8, 4) is 11.4 Å². The molecule has 0 bridgehead atoms. The number of carbonyl (C=O) groups excluding carboxylic acids is 1. The lowest BCUT2D eigenvalue weighted by Crippen LogP contribution is -2.49. The lowest BCUT2D eigenvalue weighted by molar-refractivity contribution is -0.135. The van der Waals surface area contributed by atoms with Crippen LogP contribution in [0.2, 0.25) is 0 Å². The quantitative estimate of drug-likeness (QED) is 0.338. The summed E-state index contributed by atoms with van der Waals surface area (Å²) in [7, 11) is 0. The number of fused-ring (bicyclic) bond motifs is 1. The van der Waals surface area contributed by atoms with E-state index in [1.807, 2.05) is 12.1 Å². The molecular weight excluding hydrogens is 478 g/mol. The Morgan fingerprint density at radius 3 is 2.64 bits per heavy atom. The fraction of sp³-hybridized carbons (Fsp3) is 0.440. The van der Waals surface area contributed by atoms with Gasteiger partial charge in [0, 0.05) is 73.7 Å². The molecule has 3 aromatic rings. The second-order valence-electron chi connectivity index (χ2n) is 9.07. The molecule has 0 radical (unpaired) electrons. The van der Waals surface area contributed by atoms with Gasteiger partial charge in [-0.1, -0.05) is 12.1 Å². The number of benzene rings is 1. The zero-order valence-corrected chi connectivity index (χ0v) is 21.2. The number of nitrogens with zero attached hydrogens (tertiary/aromatic N) is 5. The van der Waals surface area contributed by atoms with Gasteiger partial charge in [0.25, 0.3) is 0 Å². The molecule has 1 aromatic carbocycles. The molecule has 0 atom stereocenters. The Morgan fingerprint density at radius 2 is 1.94 bits per heavy atom. The summed E-state index contributed by atoms with van der Waals surface area (Å²) < 4.78 is 6.64. The van der Waals surface area contributed by atoms with Gasteiger partial charge in [-0.15, -0.1) is 11.3 Å². The summed E-state index contributed by atoms with van der Waals surface area (Å²) in [6.07, 6.45) is 1.26. The first kappa shape index (κ1) is 24.6. The molecule has 2 aliphatic heterocycles. The van der Waals surface area contributed by atoms with Crippen LogP contribution in [0.15, 0.2) is 18.2 Å². The Hall–Kier alpha value is -3.12. The average Bonchev–Trinajstić information content (AvgIpc) is 3.23. The van der Waals surface area contributed by atoms with Gasteiger partial charge in [-0.2, -0.15) is 0 Å². The zero-order chi connectivity index (χ0) is 25.2. The van der Waals surface area contributed by atoms with E-state index in [0.717, 1.165) is 59.9 Å². The number of nitrogens with one attached hydrogen (secondary N) is 1. The number of ether oxygens (including phenoxy) is 1. The van der Waals surface area contributed by atoms with Crippen molar-refractivity contribution in [2.75, 3.05) is 69.7 Å². The summed E-state index contributed by atoms with van der Waals surface area (Å²) in [6.45, 7) is 8.03. The van der Waals surface area contributed by atoms with Crippen LogP contribution < -0.4 is 10.6 Å². The van der Waals surface area contributed by atoms with Crippen molar-refractivity contribution in [3.05, 3.63) is 34.2 Å². The number of anilines is 2. The summed E-state index contributed by atoms with van der Waals surface area (Å²) in [5.74, 6) is 1.25. The van der Waals surface area contributed by atoms with E-state index in [4.69, 9.17) is 31.0 Å². The molecule has 36 heavy (non-hydrogen) atoms. The molecule has 2 aromatic heterocycles. The van der Waals surface area contributed by atoms with Crippen LogP contribution in [0.1, 0.15) is 16.0 Å². The van der Waals surface area contributed by atoms with E-state index in [1.54, 1.807) is 22.3 Å². The van der Waals surface area contributed by atoms with Crippen LogP contribution in [0.5, 0.6) is 0 Å². The number of hydrogen-bond acceptors (Lipinski definition) is 10. The van der Waals surface area contributed by atoms with Gasteiger partial charge in [0.1, 0.15) is 6.61 Å². The van der Waals surface area contributed by atoms with Crippen LogP contribution in [-0.4, -0.2) is 96.1 Å². The van der Waals surface area contributed by atoms with Gasteiger partial charge in [-0.3, -0.25) is 9.69 Å². The SMILES string of the molecule is Cc1c(CN2CCN(C(=O)CO)CC2)sc2c(N3CCOCC3)nc(-c3cccc(N)c3C=N)nc12. The number of carbonyl (C=O) groups is 1. The Kier molecular flexibility index (Phi) is 7.15. The number of nitrogens with two attached hydrogens (primary N) is 1. The smallest absolute Gasteiger partial charge is 0.248 e. The largest absolute Gasteiger partial charge is 0.398 e. The third kappa shape index (κ3) is 4.66.